The lowest BCUT2D eigenvalue weighted by Gasteiger charge is -2.22. The van der Waals surface area contributed by atoms with Crippen molar-refractivity contribution < 1.29 is 22.6 Å². The van der Waals surface area contributed by atoms with Crippen LogP contribution < -0.4 is 14.2 Å². The third kappa shape index (κ3) is 4.62. The first-order valence-corrected chi connectivity index (χ1v) is 10.1. The molecule has 1 fully saturated rings. The molecular formula is C17H25NO5S. The maximum absolute atomic E-state index is 12.3. The van der Waals surface area contributed by atoms with Gasteiger partial charge >= 0.3 is 0 Å². The van der Waals surface area contributed by atoms with Crippen molar-refractivity contribution in [2.24, 2.45) is 0 Å². The summed E-state index contributed by atoms with van der Waals surface area (Å²) in [6.07, 6.45) is 7.05. The molecule has 0 bridgehead atoms. The lowest BCUT2D eigenvalue weighted by molar-refractivity contribution is 0.0278. The van der Waals surface area contributed by atoms with Crippen molar-refractivity contribution in [1.29, 1.82) is 0 Å². The van der Waals surface area contributed by atoms with Gasteiger partial charge in [-0.05, 0) is 31.4 Å². The van der Waals surface area contributed by atoms with Gasteiger partial charge in [0, 0.05) is 19.2 Å². The molecule has 2 aliphatic rings. The first-order valence-electron chi connectivity index (χ1n) is 8.66. The van der Waals surface area contributed by atoms with Gasteiger partial charge < -0.3 is 14.2 Å². The molecule has 1 N–H and O–H groups in total. The molecule has 3 rings (SSSR count). The van der Waals surface area contributed by atoms with Gasteiger partial charge in [-0.1, -0.05) is 19.3 Å². The first-order chi connectivity index (χ1) is 11.6. The standard InChI is InChI=1S/C17H25NO5S/c19-24(20,15-7-8-16-17(13-15)23-12-11-22-16)18-9-4-10-21-14-5-2-1-3-6-14/h7-8,13-14,18H,1-6,9-12H2. The number of hydrogen-bond acceptors (Lipinski definition) is 5. The molecule has 1 heterocycles. The normalized spacial score (nSPS) is 18.5. The summed E-state index contributed by atoms with van der Waals surface area (Å²) in [5, 5.41) is 0. The van der Waals surface area contributed by atoms with Crippen LogP contribution in [-0.4, -0.2) is 40.9 Å². The quantitative estimate of drug-likeness (QED) is 0.761. The maximum Gasteiger partial charge on any atom is 0.240 e. The molecule has 0 amide bonds. The van der Waals surface area contributed by atoms with E-state index in [1.165, 1.54) is 31.4 Å². The van der Waals surface area contributed by atoms with Gasteiger partial charge in [0.2, 0.25) is 10.0 Å². The SMILES string of the molecule is O=S(=O)(NCCCOC1CCCCC1)c1ccc2c(c1)OCCO2. The van der Waals surface area contributed by atoms with Crippen molar-refractivity contribution in [2.45, 2.75) is 49.5 Å². The predicted molar refractivity (Wildman–Crippen MR) is 90.1 cm³/mol. The van der Waals surface area contributed by atoms with E-state index in [0.717, 1.165) is 12.8 Å². The Morgan fingerprint density at radius 1 is 1.08 bits per heavy atom. The molecule has 134 valence electrons. The fourth-order valence-electron chi connectivity index (χ4n) is 3.03. The van der Waals surface area contributed by atoms with Crippen LogP contribution in [0.2, 0.25) is 0 Å². The molecule has 0 aromatic heterocycles. The summed E-state index contributed by atoms with van der Waals surface area (Å²) in [6.45, 7) is 1.87. The minimum Gasteiger partial charge on any atom is -0.486 e. The van der Waals surface area contributed by atoms with Gasteiger partial charge in [0.05, 0.1) is 11.0 Å². The second-order valence-corrected chi connectivity index (χ2v) is 7.95. The highest BCUT2D eigenvalue weighted by Gasteiger charge is 2.19. The number of benzene rings is 1. The van der Waals surface area contributed by atoms with Crippen molar-refractivity contribution in [3.8, 4) is 11.5 Å². The van der Waals surface area contributed by atoms with Gasteiger partial charge in [-0.2, -0.15) is 0 Å². The molecule has 1 aliphatic carbocycles. The van der Waals surface area contributed by atoms with Gasteiger partial charge in [0.15, 0.2) is 11.5 Å². The summed E-state index contributed by atoms with van der Waals surface area (Å²) < 4.78 is 43.9. The van der Waals surface area contributed by atoms with Gasteiger partial charge in [-0.3, -0.25) is 0 Å². The Morgan fingerprint density at radius 3 is 2.62 bits per heavy atom. The smallest absolute Gasteiger partial charge is 0.240 e. The van der Waals surface area contributed by atoms with Crippen molar-refractivity contribution in [2.75, 3.05) is 26.4 Å². The largest absolute Gasteiger partial charge is 0.486 e. The van der Waals surface area contributed by atoms with Gasteiger partial charge in [-0.25, -0.2) is 13.1 Å². The maximum atomic E-state index is 12.3. The highest BCUT2D eigenvalue weighted by atomic mass is 32.2. The molecule has 24 heavy (non-hydrogen) atoms. The third-order valence-corrected chi connectivity index (χ3v) is 5.80. The molecular weight excluding hydrogens is 330 g/mol. The fraction of sp³-hybridized carbons (Fsp3) is 0.647. The summed E-state index contributed by atoms with van der Waals surface area (Å²) in [5.41, 5.74) is 0. The first kappa shape index (κ1) is 17.5. The van der Waals surface area contributed by atoms with Crippen LogP contribution in [0, 0.1) is 0 Å². The number of ether oxygens (including phenoxy) is 3. The topological polar surface area (TPSA) is 73.9 Å². The van der Waals surface area contributed by atoms with E-state index in [0.29, 0.717) is 50.4 Å². The van der Waals surface area contributed by atoms with Crippen molar-refractivity contribution in [3.05, 3.63) is 18.2 Å². The molecule has 6 nitrogen and oxygen atoms in total. The van der Waals surface area contributed by atoms with Crippen LogP contribution in [0.25, 0.3) is 0 Å². The number of nitrogens with one attached hydrogen (secondary N) is 1. The Bertz CT molecular complexity index is 640. The predicted octanol–water partition coefficient (Wildman–Crippen LogP) is 2.48. The van der Waals surface area contributed by atoms with Crippen molar-refractivity contribution in [1.82, 2.24) is 4.72 Å². The van der Waals surface area contributed by atoms with Crippen molar-refractivity contribution in [3.63, 3.8) is 0 Å². The van der Waals surface area contributed by atoms with Crippen LogP contribution in [0.4, 0.5) is 0 Å². The summed E-state index contributed by atoms with van der Waals surface area (Å²) in [4.78, 5) is 0.194. The molecule has 1 aliphatic heterocycles. The fourth-order valence-corrected chi connectivity index (χ4v) is 4.12. The average Bonchev–Trinajstić information content (AvgIpc) is 2.62. The van der Waals surface area contributed by atoms with Gasteiger partial charge in [-0.15, -0.1) is 0 Å². The number of fused-ring (bicyclic) bond motifs is 1. The Balaban J connectivity index is 1.45. The minimum absolute atomic E-state index is 0.194. The van der Waals surface area contributed by atoms with E-state index in [1.54, 1.807) is 6.07 Å². The number of rotatable bonds is 7. The van der Waals surface area contributed by atoms with E-state index in [4.69, 9.17) is 14.2 Å². The summed E-state index contributed by atoms with van der Waals surface area (Å²) in [7, 11) is -3.54. The molecule has 0 radical (unpaired) electrons. The highest BCUT2D eigenvalue weighted by Crippen LogP contribution is 2.32. The zero-order valence-electron chi connectivity index (χ0n) is 13.8. The van der Waals surface area contributed by atoms with Crippen molar-refractivity contribution >= 4 is 10.0 Å². The Kier molecular flexibility index (Phi) is 5.97. The van der Waals surface area contributed by atoms with Crippen LogP contribution in [0.5, 0.6) is 11.5 Å². The molecule has 0 unspecified atom stereocenters. The Labute approximate surface area is 143 Å². The highest BCUT2D eigenvalue weighted by molar-refractivity contribution is 7.89. The second kappa shape index (κ2) is 8.18. The molecule has 0 spiro atoms. The van der Waals surface area contributed by atoms with E-state index >= 15 is 0 Å². The van der Waals surface area contributed by atoms with E-state index in [2.05, 4.69) is 4.72 Å². The van der Waals surface area contributed by atoms with E-state index in [-0.39, 0.29) is 4.90 Å². The number of hydrogen-bond donors (Lipinski definition) is 1. The van der Waals surface area contributed by atoms with Crippen LogP contribution in [0.15, 0.2) is 23.1 Å². The molecule has 0 saturated heterocycles. The molecule has 0 atom stereocenters. The molecule has 1 saturated carbocycles. The van der Waals surface area contributed by atoms with Gasteiger partial charge in [0.25, 0.3) is 0 Å². The van der Waals surface area contributed by atoms with E-state index in [9.17, 15) is 8.42 Å². The second-order valence-electron chi connectivity index (χ2n) is 6.19. The summed E-state index contributed by atoms with van der Waals surface area (Å²) in [5.74, 6) is 1.06. The van der Waals surface area contributed by atoms with E-state index < -0.39 is 10.0 Å². The van der Waals surface area contributed by atoms with Crippen LogP contribution in [-0.2, 0) is 14.8 Å². The Hall–Kier alpha value is -1.31. The molecule has 7 heteroatoms. The lowest BCUT2D eigenvalue weighted by atomic mass is 9.98. The molecule has 1 aromatic rings. The lowest BCUT2D eigenvalue weighted by Crippen LogP contribution is -2.26. The monoisotopic (exact) mass is 355 g/mol. The minimum atomic E-state index is -3.54. The third-order valence-electron chi connectivity index (χ3n) is 4.34. The zero-order valence-corrected chi connectivity index (χ0v) is 14.6. The zero-order chi connectivity index (χ0) is 16.8. The van der Waals surface area contributed by atoms with Crippen LogP contribution >= 0.6 is 0 Å². The van der Waals surface area contributed by atoms with Gasteiger partial charge in [0.1, 0.15) is 13.2 Å². The van der Waals surface area contributed by atoms with Crippen LogP contribution in [0.3, 0.4) is 0 Å². The average molecular weight is 355 g/mol. The Morgan fingerprint density at radius 2 is 1.83 bits per heavy atom. The number of sulfonamides is 1. The summed E-state index contributed by atoms with van der Waals surface area (Å²) in [6, 6.07) is 4.68. The van der Waals surface area contributed by atoms with Crippen LogP contribution in [0.1, 0.15) is 38.5 Å². The van der Waals surface area contributed by atoms with E-state index in [1.807, 2.05) is 0 Å². The summed E-state index contributed by atoms with van der Waals surface area (Å²) >= 11 is 0. The molecule has 1 aromatic carbocycles.